The van der Waals surface area contributed by atoms with Crippen LogP contribution in [0.3, 0.4) is 0 Å². The summed E-state index contributed by atoms with van der Waals surface area (Å²) in [5.41, 5.74) is -6.81. The summed E-state index contributed by atoms with van der Waals surface area (Å²) in [6, 6.07) is 0. The standard InChI is InChI=1S/C22H28F2O5/c1-11-6-13-14-8-16(23)15-7-12(26)4-5-19(15,2)21(14,24)17(27)9-20(13,3)22(11,29)18(28)10-25/h4-5,7,11,13-14,16-17,25,27,29H,6,8-10H2,1-3H3/t11?,13-,14-,16?,17?,19-,20-,21-,22-/m0/s1. The molecule has 4 aliphatic carbocycles. The molecule has 5 nitrogen and oxygen atoms in total. The smallest absolute Gasteiger partial charge is 0.190 e. The van der Waals surface area contributed by atoms with Crippen molar-refractivity contribution in [2.75, 3.05) is 6.61 Å². The molecule has 0 radical (unpaired) electrons. The lowest BCUT2D eigenvalue weighted by Crippen LogP contribution is -2.70. The first-order valence-electron chi connectivity index (χ1n) is 10.2. The first kappa shape index (κ1) is 20.8. The lowest BCUT2D eigenvalue weighted by atomic mass is 9.44. The Labute approximate surface area is 168 Å². The summed E-state index contributed by atoms with van der Waals surface area (Å²) in [5.74, 6) is -3.24. The molecule has 0 aromatic rings. The van der Waals surface area contributed by atoms with Gasteiger partial charge in [0.1, 0.15) is 18.4 Å². The molecule has 29 heavy (non-hydrogen) atoms. The van der Waals surface area contributed by atoms with E-state index in [0.29, 0.717) is 0 Å². The highest BCUT2D eigenvalue weighted by Gasteiger charge is 2.76. The number of hydrogen-bond acceptors (Lipinski definition) is 5. The molecule has 0 heterocycles. The van der Waals surface area contributed by atoms with E-state index in [2.05, 4.69) is 0 Å². The number of aliphatic hydroxyl groups excluding tert-OH is 2. The van der Waals surface area contributed by atoms with Crippen LogP contribution < -0.4 is 0 Å². The summed E-state index contributed by atoms with van der Waals surface area (Å²) in [4.78, 5) is 24.3. The molecular weight excluding hydrogens is 382 g/mol. The minimum Gasteiger partial charge on any atom is -0.390 e. The van der Waals surface area contributed by atoms with Crippen LogP contribution >= 0.6 is 0 Å². The SMILES string of the molecule is CC1C[C@H]2[C@@H]3CC(F)C4=CC(=O)C=C[C@]4(C)[C@@]3(F)C(O)C[C@]2(C)[C@@]1(O)C(=O)CO. The van der Waals surface area contributed by atoms with Crippen molar-refractivity contribution < 1.29 is 33.7 Å². The minimum absolute atomic E-state index is 0.0409. The van der Waals surface area contributed by atoms with Gasteiger partial charge in [-0.05, 0) is 55.7 Å². The Morgan fingerprint density at radius 2 is 1.93 bits per heavy atom. The number of allylic oxidation sites excluding steroid dienone is 4. The van der Waals surface area contributed by atoms with Gasteiger partial charge in [0, 0.05) is 16.7 Å². The molecule has 0 aromatic carbocycles. The Kier molecular flexibility index (Phi) is 4.34. The van der Waals surface area contributed by atoms with Gasteiger partial charge in [0.15, 0.2) is 17.2 Å². The number of alkyl halides is 2. The Hall–Kier alpha value is -1.44. The average Bonchev–Trinajstić information content (AvgIpc) is 2.86. The highest BCUT2D eigenvalue weighted by molar-refractivity contribution is 6.01. The van der Waals surface area contributed by atoms with E-state index in [0.717, 1.165) is 6.08 Å². The Balaban J connectivity index is 1.87. The van der Waals surface area contributed by atoms with Crippen molar-refractivity contribution in [2.24, 2.45) is 28.6 Å². The molecule has 7 heteroatoms. The molecule has 4 aliphatic rings. The number of carbonyl (C=O) groups is 2. The quantitative estimate of drug-likeness (QED) is 0.646. The number of carbonyl (C=O) groups excluding carboxylic acids is 2. The number of ketones is 2. The van der Waals surface area contributed by atoms with E-state index in [9.17, 15) is 24.9 Å². The van der Waals surface area contributed by atoms with Gasteiger partial charge in [-0.25, -0.2) is 8.78 Å². The fourth-order valence-corrected chi connectivity index (χ4v) is 7.25. The Morgan fingerprint density at radius 1 is 1.28 bits per heavy atom. The molecule has 9 atom stereocenters. The molecule has 3 saturated carbocycles. The third kappa shape index (κ3) is 2.19. The highest BCUT2D eigenvalue weighted by atomic mass is 19.1. The lowest BCUT2D eigenvalue weighted by Gasteiger charge is -2.63. The van der Waals surface area contributed by atoms with Crippen molar-refractivity contribution in [3.05, 3.63) is 23.8 Å². The second-order valence-electron chi connectivity index (χ2n) is 9.84. The van der Waals surface area contributed by atoms with E-state index in [1.165, 1.54) is 19.1 Å². The fourth-order valence-electron chi connectivity index (χ4n) is 7.25. The molecule has 4 rings (SSSR count). The zero-order chi connectivity index (χ0) is 21.6. The largest absolute Gasteiger partial charge is 0.390 e. The van der Waals surface area contributed by atoms with Crippen LogP contribution in [0, 0.1) is 28.6 Å². The van der Waals surface area contributed by atoms with E-state index in [1.54, 1.807) is 13.8 Å². The van der Waals surface area contributed by atoms with Crippen molar-refractivity contribution in [3.8, 4) is 0 Å². The van der Waals surface area contributed by atoms with Gasteiger partial charge in [-0.3, -0.25) is 9.59 Å². The van der Waals surface area contributed by atoms with Gasteiger partial charge >= 0.3 is 0 Å². The summed E-state index contributed by atoms with van der Waals surface area (Å²) in [6.45, 7) is 3.96. The summed E-state index contributed by atoms with van der Waals surface area (Å²) < 4.78 is 32.1. The predicted octanol–water partition coefficient (Wildman–Crippen LogP) is 1.84. The van der Waals surface area contributed by atoms with E-state index in [-0.39, 0.29) is 24.8 Å². The van der Waals surface area contributed by atoms with Crippen LogP contribution in [0.5, 0.6) is 0 Å². The zero-order valence-corrected chi connectivity index (χ0v) is 16.9. The molecule has 3 fully saturated rings. The first-order chi connectivity index (χ1) is 13.4. The van der Waals surface area contributed by atoms with Crippen molar-refractivity contribution >= 4 is 11.6 Å². The van der Waals surface area contributed by atoms with Crippen molar-refractivity contribution in [3.63, 3.8) is 0 Å². The summed E-state index contributed by atoms with van der Waals surface area (Å²) in [5, 5.41) is 31.9. The molecule has 0 aliphatic heterocycles. The molecule has 0 amide bonds. The third-order valence-corrected chi connectivity index (χ3v) is 8.78. The maximum atomic E-state index is 16.9. The number of rotatable bonds is 2. The maximum Gasteiger partial charge on any atom is 0.190 e. The molecule has 0 saturated heterocycles. The molecule has 3 N–H and O–H groups in total. The van der Waals surface area contributed by atoms with Crippen LogP contribution in [0.1, 0.15) is 40.0 Å². The normalized spacial score (nSPS) is 53.7. The molecular formula is C22H28F2O5. The second kappa shape index (κ2) is 6.05. The average molecular weight is 410 g/mol. The third-order valence-electron chi connectivity index (χ3n) is 8.78. The van der Waals surface area contributed by atoms with Crippen molar-refractivity contribution in [1.82, 2.24) is 0 Å². The van der Waals surface area contributed by atoms with Crippen molar-refractivity contribution in [2.45, 2.75) is 63.6 Å². The number of halogens is 2. The predicted molar refractivity (Wildman–Crippen MR) is 100 cm³/mol. The van der Waals surface area contributed by atoms with E-state index in [1.807, 2.05) is 0 Å². The van der Waals surface area contributed by atoms with Gasteiger partial charge in [-0.1, -0.05) is 19.9 Å². The lowest BCUT2D eigenvalue weighted by molar-refractivity contribution is -0.223. The Bertz CT molecular complexity index is 839. The van der Waals surface area contributed by atoms with E-state index >= 15 is 8.78 Å². The monoisotopic (exact) mass is 410 g/mol. The molecule has 0 aromatic heterocycles. The molecule has 160 valence electrons. The Morgan fingerprint density at radius 3 is 2.55 bits per heavy atom. The van der Waals surface area contributed by atoms with Crippen LogP contribution in [0.15, 0.2) is 23.8 Å². The molecule has 0 spiro atoms. The number of hydrogen-bond donors (Lipinski definition) is 3. The van der Waals surface area contributed by atoms with Crippen LogP contribution in [-0.4, -0.2) is 57.0 Å². The van der Waals surface area contributed by atoms with Gasteiger partial charge in [-0.2, -0.15) is 0 Å². The molecule has 3 unspecified atom stereocenters. The van der Waals surface area contributed by atoms with Gasteiger partial charge < -0.3 is 15.3 Å². The summed E-state index contributed by atoms with van der Waals surface area (Å²) in [7, 11) is 0. The van der Waals surface area contributed by atoms with Gasteiger partial charge in [0.2, 0.25) is 0 Å². The van der Waals surface area contributed by atoms with Crippen molar-refractivity contribution in [1.29, 1.82) is 0 Å². The highest BCUT2D eigenvalue weighted by Crippen LogP contribution is 2.70. The van der Waals surface area contributed by atoms with Gasteiger partial charge in [0.05, 0.1) is 6.10 Å². The zero-order valence-electron chi connectivity index (χ0n) is 16.9. The number of Topliss-reactive ketones (excluding diaryl/α,β-unsaturated/α-hetero) is 1. The van der Waals surface area contributed by atoms with Gasteiger partial charge in [-0.15, -0.1) is 0 Å². The fraction of sp³-hybridized carbons (Fsp3) is 0.727. The molecule has 0 bridgehead atoms. The number of aliphatic hydroxyl groups is 3. The van der Waals surface area contributed by atoms with Crippen LogP contribution in [-0.2, 0) is 9.59 Å². The second-order valence-corrected chi connectivity index (χ2v) is 9.84. The van der Waals surface area contributed by atoms with Gasteiger partial charge in [0.25, 0.3) is 0 Å². The summed E-state index contributed by atoms with van der Waals surface area (Å²) in [6.07, 6.45) is 0.427. The maximum absolute atomic E-state index is 16.9. The van der Waals surface area contributed by atoms with Crippen LogP contribution in [0.4, 0.5) is 8.78 Å². The van der Waals surface area contributed by atoms with Crippen LogP contribution in [0.2, 0.25) is 0 Å². The topological polar surface area (TPSA) is 94.8 Å². The van der Waals surface area contributed by atoms with Crippen LogP contribution in [0.25, 0.3) is 0 Å². The summed E-state index contributed by atoms with van der Waals surface area (Å²) >= 11 is 0. The number of fused-ring (bicyclic) bond motifs is 5. The van der Waals surface area contributed by atoms with E-state index < -0.39 is 70.3 Å². The minimum atomic E-state index is -2.24. The van der Waals surface area contributed by atoms with E-state index in [4.69, 9.17) is 0 Å². The first-order valence-corrected chi connectivity index (χ1v) is 10.2.